The molecule has 1 aromatic heterocycles. The normalized spacial score (nSPS) is 25.6. The first-order valence-electron chi connectivity index (χ1n) is 9.74. The van der Waals surface area contributed by atoms with Gasteiger partial charge in [-0.25, -0.2) is 4.79 Å². The van der Waals surface area contributed by atoms with Crippen LogP contribution in [0.25, 0.3) is 11.4 Å². The summed E-state index contributed by atoms with van der Waals surface area (Å²) in [7, 11) is 0. The van der Waals surface area contributed by atoms with Crippen molar-refractivity contribution in [3.8, 4) is 11.4 Å². The van der Waals surface area contributed by atoms with Gasteiger partial charge in [0.25, 0.3) is 0 Å². The van der Waals surface area contributed by atoms with E-state index in [1.807, 2.05) is 30.3 Å². The van der Waals surface area contributed by atoms with Crippen molar-refractivity contribution in [3.63, 3.8) is 0 Å². The van der Waals surface area contributed by atoms with E-state index < -0.39 is 0 Å². The van der Waals surface area contributed by atoms with Gasteiger partial charge in [-0.3, -0.25) is 9.69 Å². The largest absolute Gasteiger partial charge is 0.337 e. The predicted octanol–water partition coefficient (Wildman–Crippen LogP) is 3.22. The number of carbonyl (C=O) groups is 2. The summed E-state index contributed by atoms with van der Waals surface area (Å²) in [6, 6.07) is 9.46. The van der Waals surface area contributed by atoms with Crippen LogP contribution in [0.5, 0.6) is 0 Å². The molecule has 2 aliphatic carbocycles. The Balaban J connectivity index is 1.41. The number of nitrogens with zero attached hydrogens (tertiary/aromatic N) is 4. The fraction of sp³-hybridized carbons (Fsp3) is 0.500. The van der Waals surface area contributed by atoms with Gasteiger partial charge in [-0.2, -0.15) is 4.98 Å². The zero-order valence-corrected chi connectivity index (χ0v) is 15.1. The van der Waals surface area contributed by atoms with Crippen molar-refractivity contribution in [2.75, 3.05) is 0 Å². The molecule has 5 rings (SSSR count). The lowest BCUT2D eigenvalue weighted by atomic mass is 9.81. The minimum absolute atomic E-state index is 0.0268. The summed E-state index contributed by atoms with van der Waals surface area (Å²) in [6.45, 7) is 0.260. The summed E-state index contributed by atoms with van der Waals surface area (Å²) < 4.78 is 5.43. The van der Waals surface area contributed by atoms with Crippen LogP contribution in [-0.4, -0.2) is 44.0 Å². The zero-order valence-electron chi connectivity index (χ0n) is 15.1. The topological polar surface area (TPSA) is 79.5 Å². The SMILES string of the molecule is O=C1C2CCCCC2N(Cc2nc(-c3ccccc3)no2)C(=O)N1C1CC1. The molecule has 7 nitrogen and oxygen atoms in total. The summed E-state index contributed by atoms with van der Waals surface area (Å²) in [5, 5.41) is 4.06. The molecule has 3 amide bonds. The van der Waals surface area contributed by atoms with Crippen molar-refractivity contribution < 1.29 is 14.1 Å². The first-order valence-corrected chi connectivity index (χ1v) is 9.74. The second kappa shape index (κ2) is 6.48. The fourth-order valence-corrected chi connectivity index (χ4v) is 4.35. The maximum Gasteiger partial charge on any atom is 0.327 e. The molecule has 2 heterocycles. The number of urea groups is 1. The average molecular weight is 366 g/mol. The van der Waals surface area contributed by atoms with Gasteiger partial charge in [0.1, 0.15) is 6.54 Å². The lowest BCUT2D eigenvalue weighted by molar-refractivity contribution is -0.141. The van der Waals surface area contributed by atoms with E-state index in [9.17, 15) is 9.59 Å². The fourth-order valence-electron chi connectivity index (χ4n) is 4.35. The molecule has 1 aliphatic heterocycles. The Morgan fingerprint density at radius 1 is 1.04 bits per heavy atom. The molecule has 140 valence electrons. The van der Waals surface area contributed by atoms with E-state index in [1.165, 1.54) is 4.90 Å². The molecular weight excluding hydrogens is 344 g/mol. The van der Waals surface area contributed by atoms with Crippen LogP contribution >= 0.6 is 0 Å². The van der Waals surface area contributed by atoms with Gasteiger partial charge in [0, 0.05) is 17.6 Å². The predicted molar refractivity (Wildman–Crippen MR) is 96.3 cm³/mol. The van der Waals surface area contributed by atoms with E-state index in [0.29, 0.717) is 11.7 Å². The molecule has 0 radical (unpaired) electrons. The molecule has 2 saturated carbocycles. The van der Waals surface area contributed by atoms with Crippen molar-refractivity contribution in [3.05, 3.63) is 36.2 Å². The monoisotopic (exact) mass is 366 g/mol. The number of benzene rings is 1. The Bertz CT molecular complexity index is 861. The number of imide groups is 1. The Morgan fingerprint density at radius 2 is 1.81 bits per heavy atom. The molecule has 0 spiro atoms. The molecule has 3 aliphatic rings. The number of rotatable bonds is 4. The van der Waals surface area contributed by atoms with Crippen molar-refractivity contribution in [1.29, 1.82) is 0 Å². The first kappa shape index (κ1) is 16.5. The Morgan fingerprint density at radius 3 is 2.59 bits per heavy atom. The van der Waals surface area contributed by atoms with Gasteiger partial charge in [-0.1, -0.05) is 48.3 Å². The number of hydrogen-bond donors (Lipinski definition) is 0. The van der Waals surface area contributed by atoms with Gasteiger partial charge in [-0.15, -0.1) is 0 Å². The highest BCUT2D eigenvalue weighted by atomic mass is 16.5. The highest BCUT2D eigenvalue weighted by molar-refractivity contribution is 5.99. The molecule has 2 unspecified atom stereocenters. The smallest absolute Gasteiger partial charge is 0.327 e. The van der Waals surface area contributed by atoms with Gasteiger partial charge < -0.3 is 9.42 Å². The third-order valence-corrected chi connectivity index (χ3v) is 5.85. The summed E-state index contributed by atoms with van der Waals surface area (Å²) in [5.74, 6) is 0.870. The molecule has 2 atom stereocenters. The zero-order chi connectivity index (χ0) is 18.4. The van der Waals surface area contributed by atoms with Crippen molar-refractivity contribution >= 4 is 11.9 Å². The molecule has 1 aromatic carbocycles. The highest BCUT2D eigenvalue weighted by Gasteiger charge is 2.51. The maximum absolute atomic E-state index is 13.1. The van der Waals surface area contributed by atoms with E-state index in [2.05, 4.69) is 10.1 Å². The molecule has 7 heteroatoms. The summed E-state index contributed by atoms with van der Waals surface area (Å²) in [6.07, 6.45) is 5.64. The second-order valence-corrected chi connectivity index (χ2v) is 7.69. The molecule has 3 fully saturated rings. The summed E-state index contributed by atoms with van der Waals surface area (Å²) in [4.78, 5) is 33.7. The van der Waals surface area contributed by atoms with Crippen LogP contribution in [0.3, 0.4) is 0 Å². The number of amides is 3. The Kier molecular flexibility index (Phi) is 3.95. The maximum atomic E-state index is 13.1. The first-order chi connectivity index (χ1) is 13.2. The number of hydrogen-bond acceptors (Lipinski definition) is 5. The van der Waals surface area contributed by atoms with Crippen LogP contribution in [0.15, 0.2) is 34.9 Å². The number of aromatic nitrogens is 2. The van der Waals surface area contributed by atoms with Gasteiger partial charge in [0.15, 0.2) is 0 Å². The van der Waals surface area contributed by atoms with Crippen LogP contribution in [0, 0.1) is 5.92 Å². The van der Waals surface area contributed by atoms with E-state index in [-0.39, 0.29) is 36.5 Å². The third-order valence-electron chi connectivity index (χ3n) is 5.85. The standard InChI is InChI=1S/C20H22N4O3/c25-19-15-8-4-5-9-16(15)23(20(26)24(19)14-10-11-14)12-17-21-18(22-27-17)13-6-2-1-3-7-13/h1-3,6-7,14-16H,4-5,8-12H2. The van der Waals surface area contributed by atoms with Crippen LogP contribution < -0.4 is 0 Å². The lowest BCUT2D eigenvalue weighted by Crippen LogP contribution is -2.62. The van der Waals surface area contributed by atoms with Gasteiger partial charge in [-0.05, 0) is 25.7 Å². The highest BCUT2D eigenvalue weighted by Crippen LogP contribution is 2.39. The van der Waals surface area contributed by atoms with Gasteiger partial charge >= 0.3 is 6.03 Å². The van der Waals surface area contributed by atoms with E-state index in [0.717, 1.165) is 44.1 Å². The number of fused-ring (bicyclic) bond motifs is 1. The molecule has 0 N–H and O–H groups in total. The van der Waals surface area contributed by atoms with E-state index in [4.69, 9.17) is 4.52 Å². The van der Waals surface area contributed by atoms with Crippen LogP contribution in [0.1, 0.15) is 44.4 Å². The molecule has 2 aromatic rings. The van der Waals surface area contributed by atoms with Crippen molar-refractivity contribution in [1.82, 2.24) is 19.9 Å². The third kappa shape index (κ3) is 2.91. The van der Waals surface area contributed by atoms with Crippen molar-refractivity contribution in [2.24, 2.45) is 5.92 Å². The molecule has 27 heavy (non-hydrogen) atoms. The van der Waals surface area contributed by atoms with Crippen molar-refractivity contribution in [2.45, 2.75) is 57.2 Å². The Labute approximate surface area is 157 Å². The van der Waals surface area contributed by atoms with E-state index >= 15 is 0 Å². The summed E-state index contributed by atoms with van der Waals surface area (Å²) in [5.41, 5.74) is 0.878. The average Bonchev–Trinajstić information content (AvgIpc) is 3.42. The van der Waals surface area contributed by atoms with E-state index in [1.54, 1.807) is 4.90 Å². The minimum Gasteiger partial charge on any atom is -0.337 e. The van der Waals surface area contributed by atoms with Crippen LogP contribution in [0.4, 0.5) is 4.79 Å². The van der Waals surface area contributed by atoms with Crippen LogP contribution in [0.2, 0.25) is 0 Å². The lowest BCUT2D eigenvalue weighted by Gasteiger charge is -2.46. The molecule has 0 bridgehead atoms. The van der Waals surface area contributed by atoms with Crippen LogP contribution in [-0.2, 0) is 11.3 Å². The van der Waals surface area contributed by atoms with Gasteiger partial charge in [0.05, 0.1) is 5.92 Å². The molecule has 1 saturated heterocycles. The summed E-state index contributed by atoms with van der Waals surface area (Å²) >= 11 is 0. The van der Waals surface area contributed by atoms with Gasteiger partial charge in [0.2, 0.25) is 17.6 Å². The minimum atomic E-state index is -0.190. The number of carbonyl (C=O) groups excluding carboxylic acids is 2. The molecular formula is C20H22N4O3. The Hall–Kier alpha value is -2.70. The quantitative estimate of drug-likeness (QED) is 0.830. The second-order valence-electron chi connectivity index (χ2n) is 7.69.